The van der Waals surface area contributed by atoms with Crippen LogP contribution in [0.15, 0.2) is 201 Å². The molecule has 366 valence electrons. The maximum atomic E-state index is 13.5. The van der Waals surface area contributed by atoms with Crippen LogP contribution in [0.2, 0.25) is 0 Å². The fourth-order valence-corrected chi connectivity index (χ4v) is 7.44. The quantitative estimate of drug-likeness (QED) is 0.137. The maximum Gasteiger partial charge on any atom is 0.417 e. The molecule has 0 spiro atoms. The van der Waals surface area contributed by atoms with Crippen molar-refractivity contribution < 1.29 is 46.8 Å². The molecule has 0 aliphatic rings. The molecule has 0 fully saturated rings. The second-order valence-electron chi connectivity index (χ2n) is 15.7. The first kappa shape index (κ1) is 53.0. The van der Waals surface area contributed by atoms with Gasteiger partial charge in [-0.1, -0.05) is 158 Å². The molecule has 1 N–H and O–H groups in total. The van der Waals surface area contributed by atoms with Crippen molar-refractivity contribution in [2.75, 3.05) is 7.15 Å². The van der Waals surface area contributed by atoms with Crippen molar-refractivity contribution >= 4 is 67.8 Å². The molecule has 2 aromatic heterocycles. The predicted octanol–water partition coefficient (Wildman–Crippen LogP) is 16.4. The Morgan fingerprint density at radius 1 is 0.486 bits per heavy atom. The number of hydrogen-bond acceptors (Lipinski definition) is 5. The summed E-state index contributed by atoms with van der Waals surface area (Å²) in [4.78, 5) is 29.0. The molecule has 0 amide bonds. The van der Waals surface area contributed by atoms with Crippen LogP contribution in [0.3, 0.4) is 0 Å². The van der Waals surface area contributed by atoms with Gasteiger partial charge in [0.2, 0.25) is 0 Å². The Labute approximate surface area is 414 Å². The van der Waals surface area contributed by atoms with Crippen molar-refractivity contribution in [1.29, 1.82) is 0 Å². The Morgan fingerprint density at radius 2 is 0.889 bits per heavy atom. The molecule has 0 aliphatic carbocycles. The average molecular weight is 980 g/mol. The van der Waals surface area contributed by atoms with E-state index >= 15 is 0 Å². The van der Waals surface area contributed by atoms with E-state index in [9.17, 15) is 40.3 Å². The number of benzene rings is 8. The Kier molecular flexibility index (Phi) is 19.6. The van der Waals surface area contributed by atoms with Crippen LogP contribution >= 0.6 is 0 Å². The van der Waals surface area contributed by atoms with Gasteiger partial charge < -0.3 is 5.11 Å². The van der Waals surface area contributed by atoms with Crippen molar-refractivity contribution in [2.45, 2.75) is 32.8 Å². The van der Waals surface area contributed by atoms with Gasteiger partial charge in [-0.3, -0.25) is 23.9 Å². The molecule has 0 saturated carbocycles. The number of rotatable bonds is 5. The lowest BCUT2D eigenvalue weighted by molar-refractivity contribution is -0.137. The average Bonchev–Trinajstić information content (AvgIpc) is 3.40. The summed E-state index contributed by atoms with van der Waals surface area (Å²) in [6.07, 6.45) is 2.14. The lowest BCUT2D eigenvalue weighted by atomic mass is 9.97. The van der Waals surface area contributed by atoms with E-state index in [0.717, 1.165) is 33.9 Å². The molecule has 10 aromatic rings. The van der Waals surface area contributed by atoms with Gasteiger partial charge in [0.05, 0.1) is 26.3 Å². The Hall–Kier alpha value is -8.35. The van der Waals surface area contributed by atoms with Crippen LogP contribution in [-0.4, -0.2) is 34.8 Å². The molecule has 2 heterocycles. The highest BCUT2D eigenvalue weighted by Crippen LogP contribution is 2.39. The van der Waals surface area contributed by atoms with E-state index < -0.39 is 30.6 Å². The van der Waals surface area contributed by atoms with E-state index in [1.165, 1.54) is 64.2 Å². The molecule has 10 rings (SSSR count). The van der Waals surface area contributed by atoms with Gasteiger partial charge in [0.1, 0.15) is 6.29 Å². The number of aldehydes is 2. The summed E-state index contributed by atoms with van der Waals surface area (Å²) >= 11 is 0. The number of alkyl halides is 7. The van der Waals surface area contributed by atoms with Crippen LogP contribution in [0, 0.1) is 13.8 Å². The van der Waals surface area contributed by atoms with E-state index in [0.29, 0.717) is 10.8 Å². The molecule has 0 unspecified atom stereocenters. The maximum absolute atomic E-state index is 13.5. The van der Waals surface area contributed by atoms with Gasteiger partial charge in [-0.2, -0.15) is 26.3 Å². The molecule has 0 aliphatic heterocycles. The SMILES string of the molecule is Cc1c(C=O)ccc2ccccc12.Cc1ccncc1.FC(F)(F)c1c(/C=C/c2ccncc2)ccc2ccccc12.O=Cc1ccc2ccccc2c1C(F)(F)F.OCc1ccc2ccccc2c1.[2H]CF. The zero-order chi connectivity index (χ0) is 52.8. The molecule has 12 heteroatoms. The summed E-state index contributed by atoms with van der Waals surface area (Å²) in [5, 5.41) is 15.0. The third-order valence-electron chi connectivity index (χ3n) is 11.0. The number of halogens is 7. The van der Waals surface area contributed by atoms with E-state index in [2.05, 4.69) is 28.2 Å². The summed E-state index contributed by atoms with van der Waals surface area (Å²) in [5.41, 5.74) is 3.23. The van der Waals surface area contributed by atoms with E-state index in [1.54, 1.807) is 79.4 Å². The first-order valence-corrected chi connectivity index (χ1v) is 22.1. The zero-order valence-electron chi connectivity index (χ0n) is 40.1. The van der Waals surface area contributed by atoms with Crippen molar-refractivity contribution in [1.82, 2.24) is 9.97 Å². The van der Waals surface area contributed by atoms with Gasteiger partial charge in [0.25, 0.3) is 0 Å². The predicted molar refractivity (Wildman–Crippen MR) is 276 cm³/mol. The zero-order valence-corrected chi connectivity index (χ0v) is 39.1. The van der Waals surface area contributed by atoms with E-state index in [1.807, 2.05) is 86.6 Å². The molecular weight excluding hydrogens is 930 g/mol. The lowest BCUT2D eigenvalue weighted by Gasteiger charge is -2.14. The summed E-state index contributed by atoms with van der Waals surface area (Å²) in [6.45, 7) is 4.14. The number of fused-ring (bicyclic) bond motifs is 4. The van der Waals surface area contributed by atoms with Gasteiger partial charge in [0.15, 0.2) is 6.29 Å². The Bertz CT molecular complexity index is 3390. The number of aromatic nitrogens is 2. The standard InChI is InChI=1S/C18H12F3N.C12H7F3O.C12H10O.C11H10O.C6H7N.CH3F/c19-18(20,21)17-15(6-5-13-9-11-22-12-10-13)8-7-14-3-1-2-4-16(14)17;13-12(14,15)11-9(7-16)6-5-8-3-1-2-4-10(8)11;1-9-11(8-13)7-6-10-4-2-3-5-12(9)10;12-8-9-5-6-10-3-1-2-4-11(10)7-9;1-6-2-4-7-5-3-6;1-2/h1-12H;1-7H;2-8H,1H3;1-7,12H,8H2;2-5H,1H3;1H3/b6-5+;;;;;/i;;;;;1D. The molecular formula is C60H49F7N2O3. The molecule has 0 radical (unpaired) electrons. The topological polar surface area (TPSA) is 80.2 Å². The summed E-state index contributed by atoms with van der Waals surface area (Å²) in [5.74, 6) is 0. The smallest absolute Gasteiger partial charge is 0.392 e. The third kappa shape index (κ3) is 15.1. The van der Waals surface area contributed by atoms with Crippen molar-refractivity contribution in [2.24, 2.45) is 0 Å². The first-order chi connectivity index (χ1) is 35.1. The second-order valence-corrected chi connectivity index (χ2v) is 15.7. The molecule has 0 bridgehead atoms. The van der Waals surface area contributed by atoms with Gasteiger partial charge in [-0.15, -0.1) is 0 Å². The van der Waals surface area contributed by atoms with E-state index in [4.69, 9.17) is 6.48 Å². The van der Waals surface area contributed by atoms with E-state index in [-0.39, 0.29) is 34.8 Å². The van der Waals surface area contributed by atoms with Crippen LogP contribution in [-0.2, 0) is 19.0 Å². The van der Waals surface area contributed by atoms with Crippen LogP contribution in [0.1, 0.15) is 61.0 Å². The molecule has 0 saturated heterocycles. The van der Waals surface area contributed by atoms with Gasteiger partial charge in [0, 0.05) is 35.9 Å². The largest absolute Gasteiger partial charge is 0.417 e. The van der Waals surface area contributed by atoms with Crippen LogP contribution in [0.25, 0.3) is 55.2 Å². The monoisotopic (exact) mass is 979 g/mol. The minimum absolute atomic E-state index is 0.0552. The fraction of sp³-hybridized carbons (Fsp3) is 0.100. The van der Waals surface area contributed by atoms with Gasteiger partial charge >= 0.3 is 12.4 Å². The number of carbonyl (C=O) groups is 2. The van der Waals surface area contributed by atoms with Crippen molar-refractivity contribution in [3.8, 4) is 0 Å². The molecule has 72 heavy (non-hydrogen) atoms. The number of aliphatic hydroxyl groups is 1. The van der Waals surface area contributed by atoms with Gasteiger partial charge in [-0.25, -0.2) is 0 Å². The first-order valence-electron chi connectivity index (χ1n) is 22.8. The van der Waals surface area contributed by atoms with Crippen LogP contribution < -0.4 is 0 Å². The number of aryl methyl sites for hydroxylation is 2. The summed E-state index contributed by atoms with van der Waals surface area (Å²) in [6, 6.07) is 52.0. The minimum Gasteiger partial charge on any atom is -0.392 e. The highest BCUT2D eigenvalue weighted by molar-refractivity contribution is 5.94. The minimum atomic E-state index is -4.52. The normalized spacial score (nSPS) is 11.0. The lowest BCUT2D eigenvalue weighted by Crippen LogP contribution is -2.09. The Balaban J connectivity index is 0.000000173. The van der Waals surface area contributed by atoms with Gasteiger partial charge in [-0.05, 0) is 115 Å². The number of pyridine rings is 2. The molecule has 8 aromatic carbocycles. The van der Waals surface area contributed by atoms with Crippen LogP contribution in [0.4, 0.5) is 30.7 Å². The highest BCUT2D eigenvalue weighted by atomic mass is 19.4. The number of carbonyl (C=O) groups excluding carboxylic acids is 2. The highest BCUT2D eigenvalue weighted by Gasteiger charge is 2.36. The van der Waals surface area contributed by atoms with Crippen LogP contribution in [0.5, 0.6) is 0 Å². The number of aliphatic hydroxyl groups excluding tert-OH is 1. The molecule has 5 nitrogen and oxygen atoms in total. The summed E-state index contributed by atoms with van der Waals surface area (Å²) in [7, 11) is -1.00. The number of nitrogens with zero attached hydrogens (tertiary/aromatic N) is 2. The summed E-state index contributed by atoms with van der Waals surface area (Å²) < 4.78 is 94.3. The molecule has 0 atom stereocenters. The van der Waals surface area contributed by atoms with Crippen molar-refractivity contribution in [3.63, 3.8) is 0 Å². The number of hydrogen-bond donors (Lipinski definition) is 1. The fourth-order valence-electron chi connectivity index (χ4n) is 7.44. The second kappa shape index (κ2) is 26.6. The van der Waals surface area contributed by atoms with Crippen molar-refractivity contribution in [3.05, 3.63) is 251 Å². The Morgan fingerprint density at radius 3 is 1.36 bits per heavy atom. The third-order valence-corrected chi connectivity index (χ3v) is 11.0.